The highest BCUT2D eigenvalue weighted by atomic mass is 32.1. The molecule has 6 heteroatoms. The Morgan fingerprint density at radius 2 is 1.85 bits per heavy atom. The molecule has 0 N–H and O–H groups in total. The van der Waals surface area contributed by atoms with Crippen LogP contribution in [0.2, 0.25) is 0 Å². The Morgan fingerprint density at radius 1 is 1.08 bits per heavy atom. The van der Waals surface area contributed by atoms with Crippen LogP contribution in [0.1, 0.15) is 29.4 Å². The van der Waals surface area contributed by atoms with Gasteiger partial charge in [-0.25, -0.2) is 0 Å². The fourth-order valence-electron chi connectivity index (χ4n) is 3.42. The van der Waals surface area contributed by atoms with Gasteiger partial charge in [0.1, 0.15) is 0 Å². The van der Waals surface area contributed by atoms with Crippen molar-refractivity contribution < 1.29 is 19.0 Å². The van der Waals surface area contributed by atoms with Gasteiger partial charge in [0, 0.05) is 23.5 Å². The number of carbonyl (C=O) groups excluding carboxylic acids is 1. The van der Waals surface area contributed by atoms with E-state index in [2.05, 4.69) is 6.92 Å². The summed E-state index contributed by atoms with van der Waals surface area (Å²) >= 11 is 1.48. The standard InChI is InChI=1S/C20H25NO4S/c1-13-6-5-11-21(12-13)20(22)17-10-9-16(26-17)14-7-8-15(23-2)19(25-4)18(14)24-3/h7-10,13H,5-6,11-12H2,1-4H3/t13-/m1/s1. The van der Waals surface area contributed by atoms with Crippen molar-refractivity contribution in [3.8, 4) is 27.7 Å². The molecule has 26 heavy (non-hydrogen) atoms. The third kappa shape index (κ3) is 3.51. The van der Waals surface area contributed by atoms with Crippen molar-refractivity contribution in [3.05, 3.63) is 29.1 Å². The lowest BCUT2D eigenvalue weighted by atomic mass is 10.0. The number of hydrogen-bond donors (Lipinski definition) is 0. The van der Waals surface area contributed by atoms with Gasteiger partial charge in [0.25, 0.3) is 5.91 Å². The first-order valence-electron chi connectivity index (χ1n) is 8.77. The van der Waals surface area contributed by atoms with E-state index >= 15 is 0 Å². The van der Waals surface area contributed by atoms with Crippen molar-refractivity contribution in [1.82, 2.24) is 4.90 Å². The lowest BCUT2D eigenvalue weighted by molar-refractivity contribution is 0.0688. The highest BCUT2D eigenvalue weighted by Crippen LogP contribution is 2.46. The number of likely N-dealkylation sites (tertiary alicyclic amines) is 1. The molecule has 2 heterocycles. The predicted octanol–water partition coefficient (Wildman–Crippen LogP) is 4.31. The van der Waals surface area contributed by atoms with E-state index in [-0.39, 0.29) is 5.91 Å². The Morgan fingerprint density at radius 3 is 2.50 bits per heavy atom. The zero-order chi connectivity index (χ0) is 18.7. The lowest BCUT2D eigenvalue weighted by Crippen LogP contribution is -2.38. The number of rotatable bonds is 5. The number of thiophene rings is 1. The molecule has 1 aromatic heterocycles. The van der Waals surface area contributed by atoms with Crippen LogP contribution < -0.4 is 14.2 Å². The summed E-state index contributed by atoms with van der Waals surface area (Å²) in [5.74, 6) is 2.46. The number of hydrogen-bond acceptors (Lipinski definition) is 5. The first-order valence-corrected chi connectivity index (χ1v) is 9.59. The zero-order valence-corrected chi connectivity index (χ0v) is 16.5. The number of piperidine rings is 1. The molecule has 1 aliphatic heterocycles. The van der Waals surface area contributed by atoms with Crippen LogP contribution in [-0.4, -0.2) is 45.2 Å². The number of carbonyl (C=O) groups is 1. The molecule has 1 fully saturated rings. The second-order valence-corrected chi connectivity index (χ2v) is 7.63. The maximum atomic E-state index is 12.8. The van der Waals surface area contributed by atoms with Crippen LogP contribution in [0, 0.1) is 5.92 Å². The minimum atomic E-state index is 0.118. The molecule has 0 bridgehead atoms. The summed E-state index contributed by atoms with van der Waals surface area (Å²) in [5, 5.41) is 0. The molecule has 1 amide bonds. The van der Waals surface area contributed by atoms with Crippen LogP contribution in [0.4, 0.5) is 0 Å². The highest BCUT2D eigenvalue weighted by Gasteiger charge is 2.24. The smallest absolute Gasteiger partial charge is 0.263 e. The summed E-state index contributed by atoms with van der Waals surface area (Å²) in [6, 6.07) is 7.65. The molecule has 140 valence electrons. The fourth-order valence-corrected chi connectivity index (χ4v) is 4.42. The van der Waals surface area contributed by atoms with Gasteiger partial charge in [0.15, 0.2) is 11.5 Å². The van der Waals surface area contributed by atoms with Gasteiger partial charge in [-0.1, -0.05) is 6.92 Å². The maximum absolute atomic E-state index is 12.8. The molecule has 0 aliphatic carbocycles. The summed E-state index contributed by atoms with van der Waals surface area (Å²) in [7, 11) is 4.79. The molecular formula is C20H25NO4S. The van der Waals surface area contributed by atoms with Crippen molar-refractivity contribution in [2.45, 2.75) is 19.8 Å². The monoisotopic (exact) mass is 375 g/mol. The van der Waals surface area contributed by atoms with E-state index in [0.29, 0.717) is 23.2 Å². The maximum Gasteiger partial charge on any atom is 0.263 e. The van der Waals surface area contributed by atoms with Crippen molar-refractivity contribution in [3.63, 3.8) is 0 Å². The third-order valence-corrected chi connectivity index (χ3v) is 5.84. The summed E-state index contributed by atoms with van der Waals surface area (Å²) < 4.78 is 16.4. The van der Waals surface area contributed by atoms with Crippen LogP contribution in [-0.2, 0) is 0 Å². The molecule has 1 saturated heterocycles. The number of nitrogens with zero attached hydrogens (tertiary/aromatic N) is 1. The Hall–Kier alpha value is -2.21. The minimum absolute atomic E-state index is 0.118. The molecule has 5 nitrogen and oxygen atoms in total. The van der Waals surface area contributed by atoms with E-state index in [0.717, 1.165) is 34.8 Å². The molecule has 1 atom stereocenters. The van der Waals surface area contributed by atoms with Gasteiger partial charge >= 0.3 is 0 Å². The minimum Gasteiger partial charge on any atom is -0.493 e. The molecular weight excluding hydrogens is 350 g/mol. The average Bonchev–Trinajstić information content (AvgIpc) is 3.15. The van der Waals surface area contributed by atoms with E-state index in [1.54, 1.807) is 21.3 Å². The van der Waals surface area contributed by atoms with Crippen LogP contribution >= 0.6 is 11.3 Å². The molecule has 0 radical (unpaired) electrons. The summed E-state index contributed by atoms with van der Waals surface area (Å²) in [6.07, 6.45) is 2.27. The first-order chi connectivity index (χ1) is 12.6. The zero-order valence-electron chi connectivity index (χ0n) is 15.7. The van der Waals surface area contributed by atoms with Gasteiger partial charge < -0.3 is 19.1 Å². The molecule has 0 saturated carbocycles. The predicted molar refractivity (Wildman–Crippen MR) is 104 cm³/mol. The average molecular weight is 375 g/mol. The number of amides is 1. The fraction of sp³-hybridized carbons (Fsp3) is 0.450. The number of methoxy groups -OCH3 is 3. The van der Waals surface area contributed by atoms with Crippen molar-refractivity contribution >= 4 is 17.2 Å². The summed E-state index contributed by atoms with van der Waals surface area (Å²) in [5.41, 5.74) is 0.890. The summed E-state index contributed by atoms with van der Waals surface area (Å²) in [6.45, 7) is 3.88. The van der Waals surface area contributed by atoms with E-state index < -0.39 is 0 Å². The SMILES string of the molecule is COc1ccc(-c2ccc(C(=O)N3CCC[C@@H](C)C3)s2)c(OC)c1OC. The van der Waals surface area contributed by atoms with Gasteiger partial charge in [-0.2, -0.15) is 0 Å². The second kappa shape index (κ2) is 7.99. The molecule has 0 spiro atoms. The molecule has 0 unspecified atom stereocenters. The molecule has 1 aromatic carbocycles. The highest BCUT2D eigenvalue weighted by molar-refractivity contribution is 7.17. The van der Waals surface area contributed by atoms with Crippen LogP contribution in [0.5, 0.6) is 17.2 Å². The molecule has 1 aliphatic rings. The second-order valence-electron chi connectivity index (χ2n) is 6.54. The quantitative estimate of drug-likeness (QED) is 0.781. The van der Waals surface area contributed by atoms with Gasteiger partial charge in [-0.15, -0.1) is 11.3 Å². The van der Waals surface area contributed by atoms with E-state index in [1.807, 2.05) is 29.2 Å². The van der Waals surface area contributed by atoms with Gasteiger partial charge in [-0.3, -0.25) is 4.79 Å². The van der Waals surface area contributed by atoms with Gasteiger partial charge in [-0.05, 0) is 43.0 Å². The third-order valence-electron chi connectivity index (χ3n) is 4.73. The van der Waals surface area contributed by atoms with Gasteiger partial charge in [0.05, 0.1) is 26.2 Å². The topological polar surface area (TPSA) is 48.0 Å². The Kier molecular flexibility index (Phi) is 5.71. The number of ether oxygens (including phenoxy) is 3. The van der Waals surface area contributed by atoms with Crippen LogP contribution in [0.15, 0.2) is 24.3 Å². The summed E-state index contributed by atoms with van der Waals surface area (Å²) in [4.78, 5) is 16.5. The van der Waals surface area contributed by atoms with Crippen LogP contribution in [0.25, 0.3) is 10.4 Å². The van der Waals surface area contributed by atoms with Crippen molar-refractivity contribution in [1.29, 1.82) is 0 Å². The normalized spacial score (nSPS) is 17.1. The first kappa shape index (κ1) is 18.6. The van der Waals surface area contributed by atoms with Crippen molar-refractivity contribution in [2.24, 2.45) is 5.92 Å². The van der Waals surface area contributed by atoms with Gasteiger partial charge in [0.2, 0.25) is 5.75 Å². The number of benzene rings is 1. The Bertz CT molecular complexity index is 786. The lowest BCUT2D eigenvalue weighted by Gasteiger charge is -2.30. The Labute approximate surface area is 158 Å². The van der Waals surface area contributed by atoms with E-state index in [9.17, 15) is 4.79 Å². The molecule has 3 rings (SSSR count). The van der Waals surface area contributed by atoms with Crippen molar-refractivity contribution in [2.75, 3.05) is 34.4 Å². The molecule has 2 aromatic rings. The Balaban J connectivity index is 1.91. The van der Waals surface area contributed by atoms with E-state index in [1.165, 1.54) is 17.8 Å². The van der Waals surface area contributed by atoms with E-state index in [4.69, 9.17) is 14.2 Å². The largest absolute Gasteiger partial charge is 0.493 e. The van der Waals surface area contributed by atoms with Crippen LogP contribution in [0.3, 0.4) is 0 Å².